The van der Waals surface area contributed by atoms with Crippen molar-refractivity contribution < 1.29 is 14.0 Å². The van der Waals surface area contributed by atoms with Crippen LogP contribution in [-0.4, -0.2) is 32.7 Å². The summed E-state index contributed by atoms with van der Waals surface area (Å²) < 4.78 is 16.3. The minimum Gasteiger partial charge on any atom is -0.340 e. The molecule has 1 amide bonds. The number of amides is 1. The molecule has 0 saturated heterocycles. The maximum atomic E-state index is 14.5. The molecule has 0 N–H and O–H groups in total. The highest BCUT2D eigenvalue weighted by atomic mass is 19.1. The minimum atomic E-state index is -0.358. The van der Waals surface area contributed by atoms with E-state index in [1.165, 1.54) is 6.07 Å². The first-order valence-electron chi connectivity index (χ1n) is 9.68. The highest BCUT2D eigenvalue weighted by Gasteiger charge is 2.30. The normalized spacial score (nSPS) is 13.7. The van der Waals surface area contributed by atoms with Crippen LogP contribution in [0.2, 0.25) is 0 Å². The van der Waals surface area contributed by atoms with E-state index in [0.29, 0.717) is 28.9 Å². The van der Waals surface area contributed by atoms with Gasteiger partial charge in [-0.05, 0) is 48.6 Å². The molecule has 1 heterocycles. The van der Waals surface area contributed by atoms with Crippen molar-refractivity contribution in [2.75, 3.05) is 0 Å². The Kier molecular flexibility index (Phi) is 5.25. The van der Waals surface area contributed by atoms with Crippen molar-refractivity contribution in [2.45, 2.75) is 31.8 Å². The first-order chi connectivity index (χ1) is 14.0. The number of aromatic nitrogens is 2. The topological polar surface area (TPSA) is 55.2 Å². The van der Waals surface area contributed by atoms with E-state index in [1.54, 1.807) is 53.5 Å². The predicted octanol–water partition coefficient (Wildman–Crippen LogP) is 4.23. The maximum absolute atomic E-state index is 14.5. The van der Waals surface area contributed by atoms with Crippen LogP contribution < -0.4 is 0 Å². The molecule has 5 nitrogen and oxygen atoms in total. The van der Waals surface area contributed by atoms with Gasteiger partial charge in [-0.25, -0.2) is 9.37 Å². The molecule has 0 bridgehead atoms. The zero-order valence-electron chi connectivity index (χ0n) is 16.2. The molecule has 148 valence electrons. The third-order valence-corrected chi connectivity index (χ3v) is 5.42. The van der Waals surface area contributed by atoms with Crippen LogP contribution in [0.5, 0.6) is 0 Å². The largest absolute Gasteiger partial charge is 0.340 e. The number of halogens is 1. The Balaban J connectivity index is 1.64. The average Bonchev–Trinajstić information content (AvgIpc) is 3.13. The minimum absolute atomic E-state index is 0.107. The third-order valence-electron chi connectivity index (χ3n) is 5.42. The Morgan fingerprint density at radius 2 is 2.10 bits per heavy atom. The third kappa shape index (κ3) is 3.97. The van der Waals surface area contributed by atoms with Crippen LogP contribution in [0.3, 0.4) is 0 Å². The fraction of sp³-hybridized carbons (Fsp3) is 0.261. The fourth-order valence-electron chi connectivity index (χ4n) is 3.60. The Bertz CT molecular complexity index is 1060. The van der Waals surface area contributed by atoms with Crippen LogP contribution in [0.1, 0.15) is 45.7 Å². The second-order valence-corrected chi connectivity index (χ2v) is 7.50. The standard InChI is InChI=1S/C23H22FN3O2/c1-26-13-22(25-15-26)23(29)27(19-6-3-7-19)12-16-8-9-21(24)20(11-16)18-5-2-4-17(10-18)14-28/h2,4-5,8-11,13-15,19H,3,6-7,12H2,1H3. The van der Waals surface area contributed by atoms with Crippen molar-refractivity contribution in [1.29, 1.82) is 0 Å². The number of carbonyl (C=O) groups is 2. The maximum Gasteiger partial charge on any atom is 0.274 e. The molecule has 2 aromatic carbocycles. The molecule has 0 atom stereocenters. The lowest BCUT2D eigenvalue weighted by Gasteiger charge is -2.37. The van der Waals surface area contributed by atoms with Gasteiger partial charge >= 0.3 is 0 Å². The lowest BCUT2D eigenvalue weighted by atomic mass is 9.90. The Hall–Kier alpha value is -3.28. The highest BCUT2D eigenvalue weighted by Crippen LogP contribution is 2.30. The number of aldehydes is 1. The summed E-state index contributed by atoms with van der Waals surface area (Å²) in [6, 6.07) is 11.9. The lowest BCUT2D eigenvalue weighted by molar-refractivity contribution is 0.0551. The summed E-state index contributed by atoms with van der Waals surface area (Å²) in [5.41, 5.74) is 2.81. The molecule has 1 fully saturated rings. The van der Waals surface area contributed by atoms with E-state index in [0.717, 1.165) is 31.1 Å². The molecular formula is C23H22FN3O2. The van der Waals surface area contributed by atoms with Gasteiger partial charge in [-0.15, -0.1) is 0 Å². The van der Waals surface area contributed by atoms with Crippen molar-refractivity contribution in [3.8, 4) is 11.1 Å². The summed E-state index contributed by atoms with van der Waals surface area (Å²) in [6.07, 6.45) is 7.11. The zero-order chi connectivity index (χ0) is 20.4. The molecular weight excluding hydrogens is 369 g/mol. The van der Waals surface area contributed by atoms with E-state index in [4.69, 9.17) is 0 Å². The van der Waals surface area contributed by atoms with Gasteiger partial charge in [-0.1, -0.05) is 24.3 Å². The Morgan fingerprint density at radius 1 is 1.28 bits per heavy atom. The molecule has 1 saturated carbocycles. The lowest BCUT2D eigenvalue weighted by Crippen LogP contribution is -2.43. The number of imidazole rings is 1. The van der Waals surface area contributed by atoms with Crippen molar-refractivity contribution in [1.82, 2.24) is 14.5 Å². The van der Waals surface area contributed by atoms with Gasteiger partial charge in [-0.3, -0.25) is 9.59 Å². The summed E-state index contributed by atoms with van der Waals surface area (Å²) in [5, 5.41) is 0. The van der Waals surface area contributed by atoms with Crippen LogP contribution in [0.15, 0.2) is 55.0 Å². The zero-order valence-corrected chi connectivity index (χ0v) is 16.2. The summed E-state index contributed by atoms with van der Waals surface area (Å²) in [7, 11) is 1.83. The van der Waals surface area contributed by atoms with Gasteiger partial charge in [0.15, 0.2) is 0 Å². The molecule has 1 aliphatic carbocycles. The number of carbonyl (C=O) groups excluding carboxylic acids is 2. The molecule has 0 aliphatic heterocycles. The molecule has 3 aromatic rings. The summed E-state index contributed by atoms with van der Waals surface area (Å²) in [6.45, 7) is 0.390. The number of hydrogen-bond donors (Lipinski definition) is 0. The number of rotatable bonds is 6. The van der Waals surface area contributed by atoms with Gasteiger partial charge < -0.3 is 9.47 Å². The van der Waals surface area contributed by atoms with E-state index in [-0.39, 0.29) is 17.8 Å². The molecule has 1 aliphatic rings. The van der Waals surface area contributed by atoms with E-state index < -0.39 is 0 Å². The number of aryl methyl sites for hydroxylation is 1. The quantitative estimate of drug-likeness (QED) is 0.591. The van der Waals surface area contributed by atoms with Crippen molar-refractivity contribution in [3.05, 3.63) is 77.6 Å². The van der Waals surface area contributed by atoms with Crippen molar-refractivity contribution in [2.24, 2.45) is 7.05 Å². The van der Waals surface area contributed by atoms with Gasteiger partial charge in [-0.2, -0.15) is 0 Å². The molecule has 4 rings (SSSR count). The molecule has 0 spiro atoms. The number of benzene rings is 2. The van der Waals surface area contributed by atoms with Gasteiger partial charge in [0.2, 0.25) is 0 Å². The summed E-state index contributed by atoms with van der Waals surface area (Å²) in [5.74, 6) is -0.466. The van der Waals surface area contributed by atoms with Crippen LogP contribution >= 0.6 is 0 Å². The molecule has 0 radical (unpaired) electrons. The first kappa shape index (κ1) is 19.1. The van der Waals surface area contributed by atoms with Crippen LogP contribution in [0, 0.1) is 5.82 Å². The van der Waals surface area contributed by atoms with Crippen LogP contribution in [0.25, 0.3) is 11.1 Å². The summed E-state index contributed by atoms with van der Waals surface area (Å²) in [4.78, 5) is 30.1. The van der Waals surface area contributed by atoms with E-state index in [1.807, 2.05) is 11.9 Å². The Morgan fingerprint density at radius 3 is 2.76 bits per heavy atom. The van der Waals surface area contributed by atoms with E-state index in [9.17, 15) is 14.0 Å². The number of nitrogens with zero attached hydrogens (tertiary/aromatic N) is 3. The van der Waals surface area contributed by atoms with Gasteiger partial charge in [0.1, 0.15) is 17.8 Å². The average molecular weight is 391 g/mol. The van der Waals surface area contributed by atoms with Crippen LogP contribution in [0.4, 0.5) is 4.39 Å². The van der Waals surface area contributed by atoms with Crippen LogP contribution in [-0.2, 0) is 13.6 Å². The molecule has 6 heteroatoms. The molecule has 29 heavy (non-hydrogen) atoms. The summed E-state index contributed by atoms with van der Waals surface area (Å²) >= 11 is 0. The first-order valence-corrected chi connectivity index (χ1v) is 9.68. The van der Waals surface area contributed by atoms with Gasteiger partial charge in [0.05, 0.1) is 6.33 Å². The predicted molar refractivity (Wildman–Crippen MR) is 108 cm³/mol. The van der Waals surface area contributed by atoms with Crippen molar-refractivity contribution in [3.63, 3.8) is 0 Å². The Labute approximate surface area is 168 Å². The van der Waals surface area contributed by atoms with Crippen molar-refractivity contribution >= 4 is 12.2 Å². The number of hydrogen-bond acceptors (Lipinski definition) is 3. The molecule has 1 aromatic heterocycles. The second-order valence-electron chi connectivity index (χ2n) is 7.50. The van der Waals surface area contributed by atoms with E-state index in [2.05, 4.69) is 4.98 Å². The molecule has 0 unspecified atom stereocenters. The smallest absolute Gasteiger partial charge is 0.274 e. The highest BCUT2D eigenvalue weighted by molar-refractivity contribution is 5.92. The second kappa shape index (κ2) is 7.99. The van der Waals surface area contributed by atoms with E-state index >= 15 is 0 Å². The van der Waals surface area contributed by atoms with Gasteiger partial charge in [0.25, 0.3) is 5.91 Å². The monoisotopic (exact) mass is 391 g/mol. The fourth-order valence-corrected chi connectivity index (χ4v) is 3.60. The van der Waals surface area contributed by atoms with Gasteiger partial charge in [0, 0.05) is 37.0 Å². The SMILES string of the molecule is Cn1cnc(C(=O)N(Cc2ccc(F)c(-c3cccc(C=O)c3)c2)C2CCC2)c1.